The molecule has 0 amide bonds. The number of pyridine rings is 1. The van der Waals surface area contributed by atoms with Crippen LogP contribution in [0.15, 0.2) is 30.5 Å². The second kappa shape index (κ2) is 5.12. The number of fused-ring (bicyclic) bond motifs is 1. The van der Waals surface area contributed by atoms with E-state index in [0.29, 0.717) is 6.04 Å². The SMILES string of the molecule is C1=CC2C(C1)CC2Nc1ccc(N2CCCCC2)nc1. The molecule has 3 atom stereocenters. The number of aromatic nitrogens is 1. The van der Waals surface area contributed by atoms with E-state index in [0.717, 1.165) is 30.7 Å². The first-order valence-electron chi connectivity index (χ1n) is 8.04. The Kier molecular flexibility index (Phi) is 3.13. The Bertz CT molecular complexity index is 487. The van der Waals surface area contributed by atoms with E-state index < -0.39 is 0 Å². The number of anilines is 2. The molecule has 2 heterocycles. The lowest BCUT2D eigenvalue weighted by atomic mass is 9.71. The van der Waals surface area contributed by atoms with Crippen molar-refractivity contribution < 1.29 is 0 Å². The third-order valence-corrected chi connectivity index (χ3v) is 5.14. The van der Waals surface area contributed by atoms with Crippen molar-refractivity contribution in [2.45, 2.75) is 38.1 Å². The molecule has 1 N–H and O–H groups in total. The molecule has 106 valence electrons. The van der Waals surface area contributed by atoms with E-state index >= 15 is 0 Å². The number of hydrogen-bond acceptors (Lipinski definition) is 3. The molecule has 1 aromatic heterocycles. The van der Waals surface area contributed by atoms with Crippen molar-refractivity contribution in [2.24, 2.45) is 11.8 Å². The highest BCUT2D eigenvalue weighted by Crippen LogP contribution is 2.44. The van der Waals surface area contributed by atoms with Gasteiger partial charge >= 0.3 is 0 Å². The maximum atomic E-state index is 4.64. The lowest BCUT2D eigenvalue weighted by Gasteiger charge is -2.41. The van der Waals surface area contributed by atoms with Crippen LogP contribution in [0.25, 0.3) is 0 Å². The standard InChI is InChI=1S/C17H23N3/c1-2-9-20(10-3-1)17-8-7-14(12-18-17)19-16-11-13-5-4-6-15(13)16/h4,6-8,12-13,15-16,19H,1-3,5,9-11H2. The number of nitrogens with one attached hydrogen (secondary N) is 1. The van der Waals surface area contributed by atoms with E-state index in [1.54, 1.807) is 0 Å². The van der Waals surface area contributed by atoms with Gasteiger partial charge in [-0.1, -0.05) is 12.2 Å². The van der Waals surface area contributed by atoms with Gasteiger partial charge in [0.05, 0.1) is 11.9 Å². The van der Waals surface area contributed by atoms with E-state index in [4.69, 9.17) is 0 Å². The quantitative estimate of drug-likeness (QED) is 0.852. The van der Waals surface area contributed by atoms with Gasteiger partial charge in [-0.25, -0.2) is 4.98 Å². The van der Waals surface area contributed by atoms with Crippen LogP contribution in [0.5, 0.6) is 0 Å². The Balaban J connectivity index is 1.38. The fourth-order valence-electron chi connectivity index (χ4n) is 3.88. The summed E-state index contributed by atoms with van der Waals surface area (Å²) in [7, 11) is 0. The zero-order chi connectivity index (χ0) is 13.4. The molecule has 2 fully saturated rings. The summed E-state index contributed by atoms with van der Waals surface area (Å²) in [5.41, 5.74) is 1.18. The van der Waals surface area contributed by atoms with Gasteiger partial charge < -0.3 is 10.2 Å². The van der Waals surface area contributed by atoms with Gasteiger partial charge in [0.2, 0.25) is 0 Å². The normalized spacial score (nSPS) is 31.8. The van der Waals surface area contributed by atoms with Gasteiger partial charge in [-0.15, -0.1) is 0 Å². The van der Waals surface area contributed by atoms with E-state index in [-0.39, 0.29) is 0 Å². The predicted octanol–water partition coefficient (Wildman–Crippen LogP) is 3.45. The average Bonchev–Trinajstić information content (AvgIpc) is 2.88. The molecule has 1 saturated carbocycles. The molecule has 0 aromatic carbocycles. The van der Waals surface area contributed by atoms with Crippen LogP contribution < -0.4 is 10.2 Å². The minimum absolute atomic E-state index is 0.626. The molecule has 20 heavy (non-hydrogen) atoms. The first-order valence-corrected chi connectivity index (χ1v) is 8.04. The van der Waals surface area contributed by atoms with Crippen molar-refractivity contribution >= 4 is 11.5 Å². The molecule has 4 rings (SSSR count). The van der Waals surface area contributed by atoms with E-state index in [1.165, 1.54) is 37.8 Å². The summed E-state index contributed by atoms with van der Waals surface area (Å²) in [6.07, 6.45) is 13.3. The van der Waals surface area contributed by atoms with Gasteiger partial charge in [0.1, 0.15) is 5.82 Å². The fraction of sp³-hybridized carbons (Fsp3) is 0.588. The molecular weight excluding hydrogens is 246 g/mol. The van der Waals surface area contributed by atoms with Crippen LogP contribution in [0.4, 0.5) is 11.5 Å². The van der Waals surface area contributed by atoms with Gasteiger partial charge in [-0.05, 0) is 50.2 Å². The number of rotatable bonds is 3. The monoisotopic (exact) mass is 269 g/mol. The molecule has 3 heteroatoms. The Morgan fingerprint density at radius 2 is 2.05 bits per heavy atom. The van der Waals surface area contributed by atoms with Crippen LogP contribution in [0, 0.1) is 11.8 Å². The molecule has 1 aromatic rings. The summed E-state index contributed by atoms with van der Waals surface area (Å²) in [6.45, 7) is 2.33. The summed E-state index contributed by atoms with van der Waals surface area (Å²) in [5, 5.41) is 3.65. The number of hydrogen-bond donors (Lipinski definition) is 1. The predicted molar refractivity (Wildman–Crippen MR) is 83.1 cm³/mol. The molecule has 1 saturated heterocycles. The molecular formula is C17H23N3. The van der Waals surface area contributed by atoms with Crippen LogP contribution in [0.2, 0.25) is 0 Å². The average molecular weight is 269 g/mol. The first-order chi connectivity index (χ1) is 9.90. The third kappa shape index (κ3) is 2.19. The van der Waals surface area contributed by atoms with Gasteiger partial charge in [-0.2, -0.15) is 0 Å². The van der Waals surface area contributed by atoms with E-state index in [1.807, 2.05) is 6.20 Å². The summed E-state index contributed by atoms with van der Waals surface area (Å²) < 4.78 is 0. The summed E-state index contributed by atoms with van der Waals surface area (Å²) in [4.78, 5) is 7.05. The molecule has 1 aliphatic heterocycles. The van der Waals surface area contributed by atoms with Gasteiger partial charge in [0.25, 0.3) is 0 Å². The van der Waals surface area contributed by atoms with E-state index in [2.05, 4.69) is 39.5 Å². The minimum Gasteiger partial charge on any atom is -0.380 e. The number of allylic oxidation sites excluding steroid dienone is 1. The second-order valence-electron chi connectivity index (χ2n) is 6.44. The highest BCUT2D eigenvalue weighted by molar-refractivity contribution is 5.50. The van der Waals surface area contributed by atoms with Crippen LogP contribution in [0.3, 0.4) is 0 Å². The van der Waals surface area contributed by atoms with Gasteiger partial charge in [-0.3, -0.25) is 0 Å². The molecule has 0 spiro atoms. The molecule has 3 nitrogen and oxygen atoms in total. The lowest BCUT2D eigenvalue weighted by Crippen LogP contribution is -2.43. The Hall–Kier alpha value is -1.51. The zero-order valence-corrected chi connectivity index (χ0v) is 12.0. The maximum Gasteiger partial charge on any atom is 0.128 e. The highest BCUT2D eigenvalue weighted by Gasteiger charge is 2.40. The highest BCUT2D eigenvalue weighted by atomic mass is 15.2. The third-order valence-electron chi connectivity index (χ3n) is 5.14. The van der Waals surface area contributed by atoms with Crippen molar-refractivity contribution in [2.75, 3.05) is 23.3 Å². The van der Waals surface area contributed by atoms with Crippen molar-refractivity contribution in [1.29, 1.82) is 0 Å². The van der Waals surface area contributed by atoms with Crippen molar-refractivity contribution in [1.82, 2.24) is 4.98 Å². The molecule has 0 bridgehead atoms. The number of piperidine rings is 1. The Labute approximate surface area is 121 Å². The molecule has 3 aliphatic rings. The van der Waals surface area contributed by atoms with Gasteiger partial charge in [0.15, 0.2) is 0 Å². The van der Waals surface area contributed by atoms with Crippen LogP contribution >= 0.6 is 0 Å². The lowest BCUT2D eigenvalue weighted by molar-refractivity contribution is 0.218. The molecule has 0 radical (unpaired) electrons. The summed E-state index contributed by atoms with van der Waals surface area (Å²) >= 11 is 0. The van der Waals surface area contributed by atoms with Crippen molar-refractivity contribution in [3.05, 3.63) is 30.5 Å². The van der Waals surface area contributed by atoms with Crippen LogP contribution in [0.1, 0.15) is 32.1 Å². The topological polar surface area (TPSA) is 28.2 Å². The molecule has 3 unspecified atom stereocenters. The Morgan fingerprint density at radius 1 is 1.15 bits per heavy atom. The fourth-order valence-corrected chi connectivity index (χ4v) is 3.88. The van der Waals surface area contributed by atoms with E-state index in [9.17, 15) is 0 Å². The van der Waals surface area contributed by atoms with Crippen molar-refractivity contribution in [3.8, 4) is 0 Å². The molecule has 2 aliphatic carbocycles. The number of nitrogens with zero attached hydrogens (tertiary/aromatic N) is 2. The Morgan fingerprint density at radius 3 is 2.80 bits per heavy atom. The minimum atomic E-state index is 0.626. The van der Waals surface area contributed by atoms with Crippen LogP contribution in [-0.4, -0.2) is 24.1 Å². The summed E-state index contributed by atoms with van der Waals surface area (Å²) in [5.74, 6) is 2.81. The van der Waals surface area contributed by atoms with Gasteiger partial charge in [0, 0.05) is 25.0 Å². The maximum absolute atomic E-state index is 4.64. The first kappa shape index (κ1) is 12.2. The van der Waals surface area contributed by atoms with Crippen LogP contribution in [-0.2, 0) is 0 Å². The zero-order valence-electron chi connectivity index (χ0n) is 12.0. The van der Waals surface area contributed by atoms with Crippen molar-refractivity contribution in [3.63, 3.8) is 0 Å². The largest absolute Gasteiger partial charge is 0.380 e. The second-order valence-corrected chi connectivity index (χ2v) is 6.44. The summed E-state index contributed by atoms with van der Waals surface area (Å²) in [6, 6.07) is 5.00. The smallest absolute Gasteiger partial charge is 0.128 e.